The van der Waals surface area contributed by atoms with Crippen molar-refractivity contribution >= 4 is 58.2 Å². The fourth-order valence-electron chi connectivity index (χ4n) is 7.41. The molecule has 3 aromatic rings. The van der Waals surface area contributed by atoms with Crippen molar-refractivity contribution in [2.24, 2.45) is 10.4 Å². The average molecular weight is 763 g/mol. The molecule has 0 radical (unpaired) electrons. The van der Waals surface area contributed by atoms with Crippen LogP contribution in [-0.4, -0.2) is 81.1 Å². The second-order valence-corrected chi connectivity index (χ2v) is 16.0. The zero-order chi connectivity index (χ0) is 37.7. The average Bonchev–Trinajstić information content (AvgIpc) is 3.55. The van der Waals surface area contributed by atoms with Crippen molar-refractivity contribution < 1.29 is 24.0 Å². The van der Waals surface area contributed by atoms with Gasteiger partial charge in [0, 0.05) is 53.5 Å². The fourth-order valence-corrected chi connectivity index (χ4v) is 8.75. The minimum atomic E-state index is -0.847. The van der Waals surface area contributed by atoms with Crippen LogP contribution in [0.15, 0.2) is 29.3 Å². The number of aromatic nitrogens is 3. The lowest BCUT2D eigenvalue weighted by Gasteiger charge is -2.38. The molecule has 5 heterocycles. The number of carbonyl (C=O) groups is 5. The zero-order valence-corrected chi connectivity index (χ0v) is 32.1. The molecule has 1 unspecified atom stereocenters. The molecule has 1 aromatic carbocycles. The van der Waals surface area contributed by atoms with Gasteiger partial charge in [-0.25, -0.2) is 0 Å². The lowest BCUT2D eigenvalue weighted by atomic mass is 9.74. The molecule has 13 nitrogen and oxygen atoms in total. The van der Waals surface area contributed by atoms with E-state index in [9.17, 15) is 24.0 Å². The third kappa shape index (κ3) is 8.70. The number of piperidine rings is 1. The van der Waals surface area contributed by atoms with Gasteiger partial charge in [0.25, 0.3) is 0 Å². The quantitative estimate of drug-likeness (QED) is 0.166. The number of hydrogen-bond donors (Lipinski definition) is 3. The molecule has 0 aliphatic carbocycles. The number of likely N-dealkylation sites (tertiary alicyclic amines) is 1. The van der Waals surface area contributed by atoms with Crippen LogP contribution in [0.25, 0.3) is 5.00 Å². The van der Waals surface area contributed by atoms with Crippen molar-refractivity contribution in [2.45, 2.75) is 97.4 Å². The van der Waals surface area contributed by atoms with Crippen molar-refractivity contribution in [3.63, 3.8) is 0 Å². The number of nitrogens with zero attached hydrogens (tertiary/aromatic N) is 5. The van der Waals surface area contributed by atoms with Crippen molar-refractivity contribution in [3.05, 3.63) is 62.5 Å². The molecule has 3 N–H and O–H groups in total. The van der Waals surface area contributed by atoms with E-state index in [1.165, 1.54) is 9.78 Å². The number of imide groups is 1. The van der Waals surface area contributed by atoms with E-state index >= 15 is 0 Å². The summed E-state index contributed by atoms with van der Waals surface area (Å²) < 4.78 is 2.04. The summed E-state index contributed by atoms with van der Waals surface area (Å²) in [6.07, 6.45) is 6.45. The minimum Gasteiger partial charge on any atom is -0.356 e. The third-order valence-electron chi connectivity index (χ3n) is 10.6. The van der Waals surface area contributed by atoms with Crippen LogP contribution >= 0.6 is 22.9 Å². The van der Waals surface area contributed by atoms with E-state index in [2.05, 4.69) is 40.0 Å². The molecule has 5 amide bonds. The van der Waals surface area contributed by atoms with E-state index in [0.717, 1.165) is 65.3 Å². The summed E-state index contributed by atoms with van der Waals surface area (Å²) >= 11 is 7.89. The third-order valence-corrected chi connectivity index (χ3v) is 12.0. The van der Waals surface area contributed by atoms with Gasteiger partial charge in [-0.2, -0.15) is 0 Å². The van der Waals surface area contributed by atoms with E-state index in [1.807, 2.05) is 35.8 Å². The highest BCUT2D eigenvalue weighted by molar-refractivity contribution is 7.15. The van der Waals surface area contributed by atoms with Crippen LogP contribution in [0.5, 0.6) is 0 Å². The molecule has 3 aliphatic heterocycles. The van der Waals surface area contributed by atoms with Crippen LogP contribution in [0.1, 0.15) is 110 Å². The fraction of sp³-hybridized carbons (Fsp3) is 0.526. The topological polar surface area (TPSA) is 168 Å². The molecule has 282 valence electrons. The standard InChI is InChI=1S/C38H47ClN8O5S/c1-23-24(2)53-36-33(23)34(26-11-13-27(39)14-12-26)42-28(35-45-44-25(3)47(35)36)20-30(49)40-17-7-5-4-6-8-18-41-31(50)22-46-19-16-38(21-32(46)51)15-9-10-29(48)43-37(38)52/h11-14,28H,4-10,15-22H2,1-3H3,(H,40,49)(H,41,50)(H,43,48,52)/t28-,38?/m0/s1. The number of fused-ring (bicyclic) bond motifs is 3. The molecule has 6 rings (SSSR count). The largest absolute Gasteiger partial charge is 0.356 e. The van der Waals surface area contributed by atoms with Crippen molar-refractivity contribution in [3.8, 4) is 5.00 Å². The smallest absolute Gasteiger partial charge is 0.239 e. The molecule has 1 spiro atoms. The van der Waals surface area contributed by atoms with Crippen LogP contribution < -0.4 is 16.0 Å². The number of hydrogen-bond acceptors (Lipinski definition) is 9. The van der Waals surface area contributed by atoms with Crippen molar-refractivity contribution in [2.75, 3.05) is 26.2 Å². The number of amides is 5. The lowest BCUT2D eigenvalue weighted by Crippen LogP contribution is -2.53. The Morgan fingerprint density at radius 3 is 2.38 bits per heavy atom. The zero-order valence-electron chi connectivity index (χ0n) is 30.6. The van der Waals surface area contributed by atoms with Gasteiger partial charge < -0.3 is 15.5 Å². The molecule has 2 saturated heterocycles. The Labute approximate surface area is 318 Å². The van der Waals surface area contributed by atoms with Gasteiger partial charge in [0.2, 0.25) is 29.5 Å². The van der Waals surface area contributed by atoms with Crippen LogP contribution in [0.4, 0.5) is 0 Å². The number of benzene rings is 1. The molecule has 53 heavy (non-hydrogen) atoms. The lowest BCUT2D eigenvalue weighted by molar-refractivity contribution is -0.149. The number of thiophene rings is 1. The monoisotopic (exact) mass is 762 g/mol. The summed E-state index contributed by atoms with van der Waals surface area (Å²) in [7, 11) is 0. The van der Waals surface area contributed by atoms with Crippen molar-refractivity contribution in [1.29, 1.82) is 0 Å². The summed E-state index contributed by atoms with van der Waals surface area (Å²) in [4.78, 5) is 70.8. The summed E-state index contributed by atoms with van der Waals surface area (Å²) in [5.41, 5.74) is 3.06. The van der Waals surface area contributed by atoms with Crippen molar-refractivity contribution in [1.82, 2.24) is 35.6 Å². The van der Waals surface area contributed by atoms with Gasteiger partial charge in [-0.1, -0.05) is 43.0 Å². The Morgan fingerprint density at radius 2 is 1.66 bits per heavy atom. The number of aryl methyl sites for hydroxylation is 2. The van der Waals surface area contributed by atoms with Crippen LogP contribution in [0.3, 0.4) is 0 Å². The summed E-state index contributed by atoms with van der Waals surface area (Å²) in [6.45, 7) is 7.47. The predicted octanol–water partition coefficient (Wildman–Crippen LogP) is 4.81. The second kappa shape index (κ2) is 16.7. The van der Waals surface area contributed by atoms with E-state index < -0.39 is 11.5 Å². The highest BCUT2D eigenvalue weighted by Gasteiger charge is 2.46. The Bertz CT molecular complexity index is 1920. The first-order chi connectivity index (χ1) is 25.5. The second-order valence-electron chi connectivity index (χ2n) is 14.3. The first-order valence-corrected chi connectivity index (χ1v) is 19.7. The molecule has 2 aromatic heterocycles. The summed E-state index contributed by atoms with van der Waals surface area (Å²) in [5.74, 6) is 0.194. The number of aliphatic imine (C=N–C) groups is 1. The van der Waals surface area contributed by atoms with Crippen LogP contribution in [-0.2, 0) is 24.0 Å². The Kier molecular flexibility index (Phi) is 12.1. The molecule has 0 saturated carbocycles. The first-order valence-electron chi connectivity index (χ1n) is 18.5. The van der Waals surface area contributed by atoms with Gasteiger partial charge in [-0.3, -0.25) is 38.8 Å². The predicted molar refractivity (Wildman–Crippen MR) is 202 cm³/mol. The van der Waals surface area contributed by atoms with Gasteiger partial charge in [-0.15, -0.1) is 21.5 Å². The maximum absolute atomic E-state index is 13.2. The Hall–Kier alpha value is -4.43. The Morgan fingerprint density at radius 1 is 0.962 bits per heavy atom. The van der Waals surface area contributed by atoms with E-state index in [4.69, 9.17) is 16.6 Å². The summed E-state index contributed by atoms with van der Waals surface area (Å²) in [6, 6.07) is 7.10. The number of unbranched alkanes of at least 4 members (excludes halogenated alkanes) is 4. The number of rotatable bonds is 13. The van der Waals surface area contributed by atoms with Gasteiger partial charge in [0.15, 0.2) is 5.82 Å². The number of nitrogens with one attached hydrogen (secondary N) is 3. The molecular weight excluding hydrogens is 716 g/mol. The van der Waals surface area contributed by atoms with Gasteiger partial charge in [0.05, 0.1) is 24.1 Å². The van der Waals surface area contributed by atoms with E-state index in [-0.39, 0.29) is 55.3 Å². The highest BCUT2D eigenvalue weighted by atomic mass is 35.5. The maximum Gasteiger partial charge on any atom is 0.239 e. The molecule has 3 aliphatic rings. The normalized spacial score (nSPS) is 19.9. The van der Waals surface area contributed by atoms with Gasteiger partial charge in [0.1, 0.15) is 16.9 Å². The maximum atomic E-state index is 13.2. The highest BCUT2D eigenvalue weighted by Crippen LogP contribution is 2.40. The molecule has 0 bridgehead atoms. The molecule has 2 atom stereocenters. The van der Waals surface area contributed by atoms with Crippen LogP contribution in [0.2, 0.25) is 5.02 Å². The first kappa shape index (κ1) is 38.3. The van der Waals surface area contributed by atoms with E-state index in [0.29, 0.717) is 49.7 Å². The Balaban J connectivity index is 0.915. The van der Waals surface area contributed by atoms with Gasteiger partial charge >= 0.3 is 0 Å². The van der Waals surface area contributed by atoms with E-state index in [1.54, 1.807) is 11.3 Å². The minimum absolute atomic E-state index is 0.0256. The number of halogens is 1. The molecule has 2 fully saturated rings. The van der Waals surface area contributed by atoms with Crippen LogP contribution in [0, 0.1) is 26.2 Å². The molecule has 15 heteroatoms. The molecular formula is C38H47ClN8O5S. The van der Waals surface area contributed by atoms with Gasteiger partial charge in [-0.05, 0) is 70.6 Å². The number of carbonyl (C=O) groups excluding carboxylic acids is 5. The SMILES string of the molecule is Cc1sc2c(c1C)C(c1ccc(Cl)cc1)=N[C@@H](CC(=O)NCCCCCCCNC(=O)CN1CCC3(CCCC(=O)NC3=O)CC1=O)c1nnc(C)n1-2. The summed E-state index contributed by atoms with van der Waals surface area (Å²) in [5, 5.41) is 18.9.